The van der Waals surface area contributed by atoms with Gasteiger partial charge in [0.1, 0.15) is 0 Å². The SMILES string of the molecule is CCc1ccc(Nc2n[nH]c3c2C(=O)CCC3)cc1. The summed E-state index contributed by atoms with van der Waals surface area (Å²) in [5.74, 6) is 0.839. The smallest absolute Gasteiger partial charge is 0.168 e. The lowest BCUT2D eigenvalue weighted by Gasteiger charge is -2.11. The number of hydrogen-bond donors (Lipinski definition) is 2. The number of hydrogen-bond acceptors (Lipinski definition) is 3. The number of Topliss-reactive ketones (excluding diaryl/α,β-unsaturated/α-hetero) is 1. The maximum atomic E-state index is 12.0. The number of fused-ring (bicyclic) bond motifs is 1. The number of ketones is 1. The van der Waals surface area contributed by atoms with Gasteiger partial charge in [-0.25, -0.2) is 0 Å². The van der Waals surface area contributed by atoms with E-state index in [1.165, 1.54) is 5.56 Å². The Labute approximate surface area is 112 Å². The van der Waals surface area contributed by atoms with Crippen LogP contribution in [-0.4, -0.2) is 16.0 Å². The number of H-pyrrole nitrogens is 1. The molecule has 1 aromatic carbocycles. The fraction of sp³-hybridized carbons (Fsp3) is 0.333. The number of carbonyl (C=O) groups excluding carboxylic acids is 1. The molecule has 1 heterocycles. The van der Waals surface area contributed by atoms with Crippen LogP contribution in [0.4, 0.5) is 11.5 Å². The fourth-order valence-electron chi connectivity index (χ4n) is 2.46. The van der Waals surface area contributed by atoms with E-state index >= 15 is 0 Å². The topological polar surface area (TPSA) is 57.8 Å². The van der Waals surface area contributed by atoms with Gasteiger partial charge >= 0.3 is 0 Å². The van der Waals surface area contributed by atoms with Crippen LogP contribution in [0, 0.1) is 0 Å². The monoisotopic (exact) mass is 255 g/mol. The summed E-state index contributed by atoms with van der Waals surface area (Å²) >= 11 is 0. The van der Waals surface area contributed by atoms with Gasteiger partial charge in [0.15, 0.2) is 11.6 Å². The molecule has 3 rings (SSSR count). The Bertz CT molecular complexity index is 598. The maximum absolute atomic E-state index is 12.0. The largest absolute Gasteiger partial charge is 0.338 e. The highest BCUT2D eigenvalue weighted by Gasteiger charge is 2.23. The van der Waals surface area contributed by atoms with Crippen LogP contribution in [0.1, 0.15) is 41.4 Å². The van der Waals surface area contributed by atoms with E-state index in [1.807, 2.05) is 12.1 Å². The molecule has 2 N–H and O–H groups in total. The molecule has 0 saturated carbocycles. The van der Waals surface area contributed by atoms with Crippen molar-refractivity contribution in [3.63, 3.8) is 0 Å². The van der Waals surface area contributed by atoms with Crippen molar-refractivity contribution in [1.82, 2.24) is 10.2 Å². The van der Waals surface area contributed by atoms with Crippen LogP contribution in [-0.2, 0) is 12.8 Å². The molecule has 0 atom stereocenters. The van der Waals surface area contributed by atoms with Gasteiger partial charge in [0.2, 0.25) is 0 Å². The van der Waals surface area contributed by atoms with Crippen LogP contribution in [0.3, 0.4) is 0 Å². The van der Waals surface area contributed by atoms with Gasteiger partial charge in [0.25, 0.3) is 0 Å². The molecule has 1 aromatic heterocycles. The van der Waals surface area contributed by atoms with Gasteiger partial charge in [-0.1, -0.05) is 19.1 Å². The van der Waals surface area contributed by atoms with Crippen LogP contribution in [0.15, 0.2) is 24.3 Å². The third kappa shape index (κ3) is 2.26. The van der Waals surface area contributed by atoms with Crippen molar-refractivity contribution in [2.75, 3.05) is 5.32 Å². The molecule has 0 saturated heterocycles. The maximum Gasteiger partial charge on any atom is 0.168 e. The molecule has 0 bridgehead atoms. The number of rotatable bonds is 3. The van der Waals surface area contributed by atoms with Crippen LogP contribution < -0.4 is 5.32 Å². The molecule has 0 radical (unpaired) electrons. The minimum atomic E-state index is 0.183. The summed E-state index contributed by atoms with van der Waals surface area (Å²) in [4.78, 5) is 12.0. The molecule has 0 fully saturated rings. The molecular weight excluding hydrogens is 238 g/mol. The van der Waals surface area contributed by atoms with E-state index in [9.17, 15) is 4.79 Å². The van der Waals surface area contributed by atoms with Crippen molar-refractivity contribution in [1.29, 1.82) is 0 Å². The fourth-order valence-corrected chi connectivity index (χ4v) is 2.46. The zero-order valence-corrected chi connectivity index (χ0v) is 11.0. The molecule has 19 heavy (non-hydrogen) atoms. The van der Waals surface area contributed by atoms with E-state index < -0.39 is 0 Å². The number of nitrogens with one attached hydrogen (secondary N) is 2. The van der Waals surface area contributed by atoms with Gasteiger partial charge in [-0.2, -0.15) is 5.10 Å². The number of aromatic amines is 1. The summed E-state index contributed by atoms with van der Waals surface area (Å²) in [6.07, 6.45) is 3.47. The quantitative estimate of drug-likeness (QED) is 0.885. The summed E-state index contributed by atoms with van der Waals surface area (Å²) in [7, 11) is 0. The first-order valence-electron chi connectivity index (χ1n) is 6.74. The lowest BCUT2D eigenvalue weighted by Crippen LogP contribution is -2.10. The Hall–Kier alpha value is -2.10. The van der Waals surface area contributed by atoms with Crippen LogP contribution in [0.5, 0.6) is 0 Å². The molecule has 4 nitrogen and oxygen atoms in total. The zero-order valence-electron chi connectivity index (χ0n) is 11.0. The lowest BCUT2D eigenvalue weighted by molar-refractivity contribution is 0.0973. The number of carbonyl (C=O) groups is 1. The Morgan fingerprint density at radius 2 is 2.05 bits per heavy atom. The van der Waals surface area contributed by atoms with Crippen molar-refractivity contribution in [2.45, 2.75) is 32.6 Å². The Kier molecular flexibility index (Phi) is 3.07. The summed E-state index contributed by atoms with van der Waals surface area (Å²) in [6.45, 7) is 2.13. The van der Waals surface area contributed by atoms with Gasteiger partial charge in [0, 0.05) is 17.8 Å². The van der Waals surface area contributed by atoms with Crippen molar-refractivity contribution in [3.05, 3.63) is 41.1 Å². The highest BCUT2D eigenvalue weighted by atomic mass is 16.1. The van der Waals surface area contributed by atoms with Crippen molar-refractivity contribution in [3.8, 4) is 0 Å². The number of aromatic nitrogens is 2. The molecular formula is C15H17N3O. The Morgan fingerprint density at radius 3 is 2.79 bits per heavy atom. The molecule has 2 aromatic rings. The molecule has 0 amide bonds. The van der Waals surface area contributed by atoms with E-state index in [1.54, 1.807) is 0 Å². The number of aryl methyl sites for hydroxylation is 2. The zero-order chi connectivity index (χ0) is 13.2. The molecule has 98 valence electrons. The second kappa shape index (κ2) is 4.88. The first-order chi connectivity index (χ1) is 9.28. The summed E-state index contributed by atoms with van der Waals surface area (Å²) < 4.78 is 0. The van der Waals surface area contributed by atoms with Crippen LogP contribution >= 0.6 is 0 Å². The number of benzene rings is 1. The Balaban J connectivity index is 1.87. The average molecular weight is 255 g/mol. The number of nitrogens with zero attached hydrogens (tertiary/aromatic N) is 1. The van der Waals surface area contributed by atoms with Crippen molar-refractivity contribution < 1.29 is 4.79 Å². The second-order valence-electron chi connectivity index (χ2n) is 4.88. The minimum Gasteiger partial charge on any atom is -0.338 e. The first-order valence-corrected chi connectivity index (χ1v) is 6.74. The Morgan fingerprint density at radius 1 is 1.26 bits per heavy atom. The van der Waals surface area contributed by atoms with Gasteiger partial charge in [-0.15, -0.1) is 0 Å². The summed E-state index contributed by atoms with van der Waals surface area (Å²) in [5.41, 5.74) is 3.96. The van der Waals surface area contributed by atoms with E-state index in [4.69, 9.17) is 0 Å². The van der Waals surface area contributed by atoms with Gasteiger partial charge in [-0.3, -0.25) is 9.89 Å². The normalized spacial score (nSPS) is 14.3. The minimum absolute atomic E-state index is 0.183. The third-order valence-electron chi connectivity index (χ3n) is 3.58. The average Bonchev–Trinajstić information content (AvgIpc) is 2.84. The van der Waals surface area contributed by atoms with Crippen molar-refractivity contribution >= 4 is 17.3 Å². The third-order valence-corrected chi connectivity index (χ3v) is 3.58. The molecule has 0 unspecified atom stereocenters. The highest BCUT2D eigenvalue weighted by Crippen LogP contribution is 2.27. The first kappa shape index (κ1) is 12.0. The molecule has 1 aliphatic carbocycles. The van der Waals surface area contributed by atoms with Gasteiger partial charge < -0.3 is 5.32 Å². The van der Waals surface area contributed by atoms with Gasteiger partial charge in [-0.05, 0) is 37.0 Å². The van der Waals surface area contributed by atoms with Gasteiger partial charge in [0.05, 0.1) is 5.56 Å². The molecule has 0 aliphatic heterocycles. The van der Waals surface area contributed by atoms with E-state index in [2.05, 4.69) is 34.6 Å². The lowest BCUT2D eigenvalue weighted by atomic mass is 9.96. The van der Waals surface area contributed by atoms with Crippen LogP contribution in [0.2, 0.25) is 0 Å². The molecule has 1 aliphatic rings. The standard InChI is InChI=1S/C15H17N3O/c1-2-10-6-8-11(9-7-10)16-15-14-12(17-18-15)4-3-5-13(14)19/h6-9H,2-5H2,1H3,(H2,16,17,18). The second-order valence-corrected chi connectivity index (χ2v) is 4.88. The van der Waals surface area contributed by atoms with E-state index in [-0.39, 0.29) is 5.78 Å². The van der Waals surface area contributed by atoms with E-state index in [0.29, 0.717) is 12.2 Å². The predicted octanol–water partition coefficient (Wildman–Crippen LogP) is 3.23. The van der Waals surface area contributed by atoms with E-state index in [0.717, 1.165) is 36.2 Å². The predicted molar refractivity (Wildman–Crippen MR) is 75.0 cm³/mol. The van der Waals surface area contributed by atoms with Crippen molar-refractivity contribution in [2.24, 2.45) is 0 Å². The summed E-state index contributed by atoms with van der Waals surface area (Å²) in [5, 5.41) is 10.4. The number of anilines is 2. The molecule has 4 heteroatoms. The molecule has 0 spiro atoms. The highest BCUT2D eigenvalue weighted by molar-refractivity contribution is 6.02. The summed E-state index contributed by atoms with van der Waals surface area (Å²) in [6, 6.07) is 8.22. The van der Waals surface area contributed by atoms with Crippen LogP contribution in [0.25, 0.3) is 0 Å².